The maximum Gasteiger partial charge on any atom is 0.271 e. The van der Waals surface area contributed by atoms with Gasteiger partial charge in [-0.25, -0.2) is 14.4 Å². The van der Waals surface area contributed by atoms with E-state index >= 15 is 0 Å². The molecule has 2 aromatic heterocycles. The zero-order valence-electron chi connectivity index (χ0n) is 12.0. The number of aromatic nitrogens is 2. The van der Waals surface area contributed by atoms with Crippen LogP contribution in [0.1, 0.15) is 16.2 Å². The van der Waals surface area contributed by atoms with Gasteiger partial charge in [-0.1, -0.05) is 6.07 Å². The summed E-state index contributed by atoms with van der Waals surface area (Å²) in [5.41, 5.74) is 0.732. The first kappa shape index (κ1) is 14.7. The highest BCUT2D eigenvalue weighted by Crippen LogP contribution is 2.14. The van der Waals surface area contributed by atoms with Crippen molar-refractivity contribution in [3.05, 3.63) is 72.3 Å². The van der Waals surface area contributed by atoms with Crippen LogP contribution in [0.3, 0.4) is 0 Å². The lowest BCUT2D eigenvalue weighted by molar-refractivity contribution is 0.0942. The molecule has 0 saturated carbocycles. The molecule has 0 saturated heterocycles. The van der Waals surface area contributed by atoms with Crippen molar-refractivity contribution >= 4 is 17.4 Å². The van der Waals surface area contributed by atoms with Gasteiger partial charge >= 0.3 is 0 Å². The Balaban J connectivity index is 1.61. The Kier molecular flexibility index (Phi) is 4.28. The molecule has 0 aliphatic heterocycles. The van der Waals surface area contributed by atoms with Gasteiger partial charge in [-0.2, -0.15) is 0 Å². The number of benzene rings is 1. The van der Waals surface area contributed by atoms with Crippen molar-refractivity contribution in [2.45, 2.75) is 6.54 Å². The molecule has 0 fully saturated rings. The minimum absolute atomic E-state index is 0.182. The number of carbonyl (C=O) groups excluding carboxylic acids is 1. The predicted octanol–water partition coefficient (Wildman–Crippen LogP) is 2.88. The lowest BCUT2D eigenvalue weighted by Gasteiger charge is -2.06. The fraction of sp³-hybridized carbons (Fsp3) is 0.0625. The molecule has 7 heteroatoms. The molecule has 1 amide bonds. The fourth-order valence-corrected chi connectivity index (χ4v) is 1.90. The average Bonchev–Trinajstić information content (AvgIpc) is 3.07. The van der Waals surface area contributed by atoms with Gasteiger partial charge in [-0.3, -0.25) is 4.79 Å². The van der Waals surface area contributed by atoms with Crippen molar-refractivity contribution in [1.29, 1.82) is 0 Å². The molecular formula is C16H13FN4O2. The van der Waals surface area contributed by atoms with Crippen LogP contribution >= 0.6 is 0 Å². The third-order valence-electron chi connectivity index (χ3n) is 2.98. The molecule has 0 spiro atoms. The van der Waals surface area contributed by atoms with Crippen molar-refractivity contribution in [2.24, 2.45) is 0 Å². The molecule has 116 valence electrons. The van der Waals surface area contributed by atoms with Gasteiger partial charge in [0.15, 0.2) is 0 Å². The number of nitrogens with one attached hydrogen (secondary N) is 2. The van der Waals surface area contributed by atoms with Gasteiger partial charge in [0.25, 0.3) is 5.91 Å². The predicted molar refractivity (Wildman–Crippen MR) is 81.6 cm³/mol. The van der Waals surface area contributed by atoms with Crippen LogP contribution in [0.15, 0.2) is 59.5 Å². The summed E-state index contributed by atoms with van der Waals surface area (Å²) in [6.45, 7) is 0.275. The average molecular weight is 312 g/mol. The van der Waals surface area contributed by atoms with E-state index in [4.69, 9.17) is 4.42 Å². The van der Waals surface area contributed by atoms with E-state index in [1.165, 1.54) is 30.8 Å². The summed E-state index contributed by atoms with van der Waals surface area (Å²) in [7, 11) is 0. The van der Waals surface area contributed by atoms with Gasteiger partial charge in [0.05, 0.1) is 25.2 Å². The minimum atomic E-state index is -0.355. The van der Waals surface area contributed by atoms with Crippen molar-refractivity contribution in [3.63, 3.8) is 0 Å². The number of nitrogens with zero attached hydrogens (tertiary/aromatic N) is 2. The van der Waals surface area contributed by atoms with E-state index in [2.05, 4.69) is 20.6 Å². The van der Waals surface area contributed by atoms with Crippen molar-refractivity contribution < 1.29 is 13.6 Å². The van der Waals surface area contributed by atoms with Crippen molar-refractivity contribution in [2.75, 3.05) is 5.32 Å². The van der Waals surface area contributed by atoms with Crippen molar-refractivity contribution in [3.8, 4) is 0 Å². The highest BCUT2D eigenvalue weighted by molar-refractivity contribution is 5.91. The number of halogens is 1. The van der Waals surface area contributed by atoms with Gasteiger partial charge < -0.3 is 15.1 Å². The van der Waals surface area contributed by atoms with Gasteiger partial charge in [0.1, 0.15) is 23.1 Å². The third-order valence-corrected chi connectivity index (χ3v) is 2.98. The lowest BCUT2D eigenvalue weighted by atomic mass is 10.3. The van der Waals surface area contributed by atoms with E-state index in [1.54, 1.807) is 24.3 Å². The van der Waals surface area contributed by atoms with Crippen molar-refractivity contribution in [1.82, 2.24) is 15.3 Å². The van der Waals surface area contributed by atoms with Crippen LogP contribution in [0.5, 0.6) is 0 Å². The molecule has 3 rings (SSSR count). The summed E-state index contributed by atoms with van der Waals surface area (Å²) in [4.78, 5) is 20.1. The number of furan rings is 1. The van der Waals surface area contributed by atoms with Gasteiger partial charge in [-0.05, 0) is 30.3 Å². The molecule has 2 heterocycles. The Hall–Kier alpha value is -3.22. The Morgan fingerprint density at radius 3 is 2.78 bits per heavy atom. The largest absolute Gasteiger partial charge is 0.467 e. The zero-order chi connectivity index (χ0) is 16.1. The SMILES string of the molecule is O=C(NCc1ccco1)c1cnc(Nc2cccc(F)c2)cn1. The number of carbonyl (C=O) groups is 1. The topological polar surface area (TPSA) is 80.0 Å². The summed E-state index contributed by atoms with van der Waals surface area (Å²) in [5, 5.41) is 5.58. The molecular weight excluding hydrogens is 299 g/mol. The summed E-state index contributed by atoms with van der Waals surface area (Å²) >= 11 is 0. The van der Waals surface area contributed by atoms with Crippen LogP contribution in [-0.2, 0) is 6.54 Å². The number of anilines is 2. The zero-order valence-corrected chi connectivity index (χ0v) is 12.0. The van der Waals surface area contributed by atoms with E-state index < -0.39 is 0 Å². The summed E-state index contributed by atoms with van der Waals surface area (Å²) in [6, 6.07) is 9.48. The quantitative estimate of drug-likeness (QED) is 0.757. The number of amides is 1. The number of hydrogen-bond donors (Lipinski definition) is 2. The number of rotatable bonds is 5. The Bertz CT molecular complexity index is 788. The second kappa shape index (κ2) is 6.69. The van der Waals surface area contributed by atoms with Crippen LogP contribution < -0.4 is 10.6 Å². The second-order valence-electron chi connectivity index (χ2n) is 4.68. The first-order valence-corrected chi connectivity index (χ1v) is 6.86. The monoisotopic (exact) mass is 312 g/mol. The van der Waals surface area contributed by atoms with Crippen LogP contribution in [0.4, 0.5) is 15.9 Å². The highest BCUT2D eigenvalue weighted by atomic mass is 19.1. The molecule has 0 aliphatic carbocycles. The smallest absolute Gasteiger partial charge is 0.271 e. The molecule has 0 atom stereocenters. The second-order valence-corrected chi connectivity index (χ2v) is 4.68. The Morgan fingerprint density at radius 1 is 1.17 bits per heavy atom. The lowest BCUT2D eigenvalue weighted by Crippen LogP contribution is -2.23. The Labute approximate surface area is 131 Å². The van der Waals surface area contributed by atoms with E-state index in [0.717, 1.165) is 0 Å². The number of hydrogen-bond acceptors (Lipinski definition) is 5. The van der Waals surface area contributed by atoms with Gasteiger partial charge in [-0.15, -0.1) is 0 Å². The van der Waals surface area contributed by atoms with E-state index in [-0.39, 0.29) is 24.0 Å². The van der Waals surface area contributed by atoms with E-state index in [0.29, 0.717) is 17.3 Å². The van der Waals surface area contributed by atoms with Crippen LogP contribution in [0.25, 0.3) is 0 Å². The highest BCUT2D eigenvalue weighted by Gasteiger charge is 2.08. The molecule has 2 N–H and O–H groups in total. The maximum atomic E-state index is 13.1. The first-order valence-electron chi connectivity index (χ1n) is 6.86. The third kappa shape index (κ3) is 3.91. The molecule has 23 heavy (non-hydrogen) atoms. The van der Waals surface area contributed by atoms with Crippen LogP contribution in [-0.4, -0.2) is 15.9 Å². The fourth-order valence-electron chi connectivity index (χ4n) is 1.90. The van der Waals surface area contributed by atoms with Gasteiger partial charge in [0, 0.05) is 5.69 Å². The summed E-state index contributed by atoms with van der Waals surface area (Å²) in [6.07, 6.45) is 4.29. The summed E-state index contributed by atoms with van der Waals surface area (Å²) in [5.74, 6) is 0.358. The molecule has 0 radical (unpaired) electrons. The molecule has 1 aromatic carbocycles. The molecule has 6 nitrogen and oxygen atoms in total. The van der Waals surface area contributed by atoms with Crippen LogP contribution in [0.2, 0.25) is 0 Å². The summed E-state index contributed by atoms with van der Waals surface area (Å²) < 4.78 is 18.2. The maximum absolute atomic E-state index is 13.1. The van der Waals surface area contributed by atoms with Gasteiger partial charge in [0.2, 0.25) is 0 Å². The minimum Gasteiger partial charge on any atom is -0.467 e. The molecule has 3 aromatic rings. The Morgan fingerprint density at radius 2 is 2.09 bits per heavy atom. The van der Waals surface area contributed by atoms with E-state index in [1.807, 2.05) is 0 Å². The van der Waals surface area contributed by atoms with Crippen LogP contribution in [0, 0.1) is 5.82 Å². The van der Waals surface area contributed by atoms with E-state index in [9.17, 15) is 9.18 Å². The molecule has 0 bridgehead atoms. The molecule has 0 unspecified atom stereocenters. The first-order chi connectivity index (χ1) is 11.2. The normalized spacial score (nSPS) is 10.3. The molecule has 0 aliphatic rings. The standard InChI is InChI=1S/C16H13FN4O2/c17-11-3-1-4-12(7-11)21-15-10-18-14(9-19-15)16(22)20-8-13-5-2-6-23-13/h1-7,9-10H,8H2,(H,19,21)(H,20,22).